The summed E-state index contributed by atoms with van der Waals surface area (Å²) in [5.74, 6) is -0.733. The van der Waals surface area contributed by atoms with Crippen LogP contribution in [-0.4, -0.2) is 28.0 Å². The Kier molecular flexibility index (Phi) is 4.28. The van der Waals surface area contributed by atoms with Crippen molar-refractivity contribution in [1.29, 1.82) is 0 Å². The lowest BCUT2D eigenvalue weighted by Crippen LogP contribution is -2.62. The van der Waals surface area contributed by atoms with Gasteiger partial charge in [0.15, 0.2) is 0 Å². The zero-order valence-corrected chi connectivity index (χ0v) is 14.3. The number of amides is 2. The third kappa shape index (κ3) is 3.36. The number of halogens is 4. The summed E-state index contributed by atoms with van der Waals surface area (Å²) >= 11 is 0. The van der Waals surface area contributed by atoms with Crippen molar-refractivity contribution < 1.29 is 22.4 Å². The number of alkyl halides is 3. The van der Waals surface area contributed by atoms with E-state index < -0.39 is 17.6 Å². The highest BCUT2D eigenvalue weighted by Gasteiger charge is 2.44. The molecule has 142 valence electrons. The van der Waals surface area contributed by atoms with E-state index in [1.165, 1.54) is 18.3 Å². The number of nitrogens with one attached hydrogen (secondary N) is 1. The van der Waals surface area contributed by atoms with E-state index in [0.29, 0.717) is 0 Å². The lowest BCUT2D eigenvalue weighted by atomic mass is 9.80. The van der Waals surface area contributed by atoms with Gasteiger partial charge in [0.1, 0.15) is 5.82 Å². The molecule has 2 unspecified atom stereocenters. The second kappa shape index (κ2) is 6.51. The Bertz CT molecular complexity index is 869. The van der Waals surface area contributed by atoms with Crippen LogP contribution < -0.4 is 5.32 Å². The van der Waals surface area contributed by atoms with Crippen LogP contribution in [-0.2, 0) is 6.18 Å². The van der Waals surface area contributed by atoms with Gasteiger partial charge in [0, 0.05) is 29.5 Å². The molecule has 2 aliphatic rings. The maximum absolute atomic E-state index is 13.5. The number of benzene rings is 1. The molecule has 2 bridgehead atoms. The molecule has 0 spiro atoms. The number of nitrogens with zero attached hydrogens (tertiary/aromatic N) is 2. The fraction of sp³-hybridized carbons (Fsp3) is 0.368. The first-order chi connectivity index (χ1) is 12.8. The molecule has 2 atom stereocenters. The summed E-state index contributed by atoms with van der Waals surface area (Å²) in [6, 6.07) is 4.43. The summed E-state index contributed by atoms with van der Waals surface area (Å²) in [5.41, 5.74) is -0.902. The van der Waals surface area contributed by atoms with Gasteiger partial charge in [-0.25, -0.2) is 9.18 Å². The summed E-state index contributed by atoms with van der Waals surface area (Å²) < 4.78 is 53.6. The molecule has 27 heavy (non-hydrogen) atoms. The first-order valence-corrected chi connectivity index (χ1v) is 8.74. The minimum atomic E-state index is -4.61. The Hall–Kier alpha value is -2.64. The monoisotopic (exact) mass is 379 g/mol. The zero-order valence-electron chi connectivity index (χ0n) is 14.3. The molecule has 1 N–H and O–H groups in total. The molecule has 3 heterocycles. The van der Waals surface area contributed by atoms with E-state index in [1.54, 1.807) is 4.90 Å². The largest absolute Gasteiger partial charge is 0.417 e. The number of anilines is 1. The van der Waals surface area contributed by atoms with Gasteiger partial charge >= 0.3 is 12.2 Å². The molecule has 0 radical (unpaired) electrons. The van der Waals surface area contributed by atoms with Crippen LogP contribution in [0.5, 0.6) is 0 Å². The Labute approximate surface area is 153 Å². The smallest absolute Gasteiger partial charge is 0.318 e. The number of fused-ring (bicyclic) bond motifs is 2. The molecule has 2 aliphatic heterocycles. The molecular weight excluding hydrogens is 362 g/mol. The minimum Gasteiger partial charge on any atom is -0.318 e. The van der Waals surface area contributed by atoms with Gasteiger partial charge in [0.25, 0.3) is 0 Å². The minimum absolute atomic E-state index is 0.000700. The molecule has 2 amide bonds. The quantitative estimate of drug-likeness (QED) is 0.741. The number of hydrogen-bond donors (Lipinski definition) is 1. The van der Waals surface area contributed by atoms with Crippen LogP contribution in [0.2, 0.25) is 0 Å². The van der Waals surface area contributed by atoms with Crippen molar-refractivity contribution in [2.75, 3.05) is 5.32 Å². The SMILES string of the molecule is O=C(Nc1ccc(C(F)(F)F)c(-c2cncc(F)c2)c1)N1C2CCCC1C2. The number of carbonyl (C=O) groups excluding carboxylic acids is 1. The van der Waals surface area contributed by atoms with Crippen molar-refractivity contribution in [3.63, 3.8) is 0 Å². The van der Waals surface area contributed by atoms with Crippen molar-refractivity contribution in [1.82, 2.24) is 9.88 Å². The van der Waals surface area contributed by atoms with Crippen LogP contribution in [0.4, 0.5) is 28.0 Å². The van der Waals surface area contributed by atoms with E-state index in [0.717, 1.165) is 44.0 Å². The summed E-state index contributed by atoms with van der Waals surface area (Å²) in [6.07, 6.45) is 1.47. The third-order valence-electron chi connectivity index (χ3n) is 5.23. The van der Waals surface area contributed by atoms with Gasteiger partial charge in [-0.15, -0.1) is 0 Å². The van der Waals surface area contributed by atoms with Gasteiger partial charge in [-0.05, 0) is 55.5 Å². The summed E-state index contributed by atoms with van der Waals surface area (Å²) in [7, 11) is 0. The van der Waals surface area contributed by atoms with Gasteiger partial charge in [-0.2, -0.15) is 13.2 Å². The van der Waals surface area contributed by atoms with Gasteiger partial charge < -0.3 is 10.2 Å². The van der Waals surface area contributed by atoms with E-state index in [2.05, 4.69) is 10.3 Å². The molecule has 8 heteroatoms. The predicted molar refractivity (Wildman–Crippen MR) is 91.5 cm³/mol. The van der Waals surface area contributed by atoms with Crippen LogP contribution in [0.15, 0.2) is 36.7 Å². The second-order valence-electron chi connectivity index (χ2n) is 6.96. The molecule has 4 nitrogen and oxygen atoms in total. The highest BCUT2D eigenvalue weighted by atomic mass is 19.4. The second-order valence-corrected chi connectivity index (χ2v) is 6.96. The maximum Gasteiger partial charge on any atom is 0.417 e. The predicted octanol–water partition coefficient (Wildman–Crippen LogP) is 5.07. The number of aromatic nitrogens is 1. The van der Waals surface area contributed by atoms with E-state index in [1.807, 2.05) is 0 Å². The van der Waals surface area contributed by atoms with Crippen LogP contribution in [0.3, 0.4) is 0 Å². The number of carbonyl (C=O) groups is 1. The van der Waals surface area contributed by atoms with Crippen molar-refractivity contribution >= 4 is 11.7 Å². The van der Waals surface area contributed by atoms with Crippen molar-refractivity contribution in [3.8, 4) is 11.1 Å². The van der Waals surface area contributed by atoms with E-state index in [4.69, 9.17) is 0 Å². The number of hydrogen-bond acceptors (Lipinski definition) is 2. The van der Waals surface area contributed by atoms with Gasteiger partial charge in [0.2, 0.25) is 0 Å². The average molecular weight is 379 g/mol. The number of piperidine rings is 1. The standard InChI is InChI=1S/C19H17F4N3O/c20-12-6-11(9-24-10-12)16-7-13(4-5-17(16)19(21,22)23)25-18(27)26-14-2-1-3-15(26)8-14/h4-7,9-10,14-15H,1-3,8H2,(H,25,27). The van der Waals surface area contributed by atoms with Gasteiger partial charge in [-0.1, -0.05) is 0 Å². The summed E-state index contributed by atoms with van der Waals surface area (Å²) in [5, 5.41) is 2.68. The lowest BCUT2D eigenvalue weighted by Gasteiger charge is -2.52. The lowest BCUT2D eigenvalue weighted by molar-refractivity contribution is -0.137. The van der Waals surface area contributed by atoms with Crippen LogP contribution in [0, 0.1) is 5.82 Å². The zero-order chi connectivity index (χ0) is 19.2. The van der Waals surface area contributed by atoms with Crippen LogP contribution in [0.1, 0.15) is 31.2 Å². The highest BCUT2D eigenvalue weighted by Crippen LogP contribution is 2.40. The number of rotatable bonds is 2. The van der Waals surface area contributed by atoms with Crippen LogP contribution >= 0.6 is 0 Å². The molecule has 2 aromatic rings. The third-order valence-corrected chi connectivity index (χ3v) is 5.23. The molecule has 2 saturated heterocycles. The van der Waals surface area contributed by atoms with E-state index in [-0.39, 0.29) is 34.9 Å². The maximum atomic E-state index is 13.5. The summed E-state index contributed by atoms with van der Waals surface area (Å²) in [6.45, 7) is 0. The highest BCUT2D eigenvalue weighted by molar-refractivity contribution is 5.91. The van der Waals surface area contributed by atoms with Gasteiger partial charge in [0.05, 0.1) is 11.8 Å². The average Bonchev–Trinajstić information content (AvgIpc) is 2.61. The topological polar surface area (TPSA) is 45.2 Å². The molecular formula is C19H17F4N3O. The molecule has 0 aliphatic carbocycles. The Morgan fingerprint density at radius 2 is 1.89 bits per heavy atom. The summed E-state index contributed by atoms with van der Waals surface area (Å²) in [4.78, 5) is 17.9. The number of urea groups is 1. The Morgan fingerprint density at radius 3 is 2.52 bits per heavy atom. The Morgan fingerprint density at radius 1 is 1.15 bits per heavy atom. The van der Waals surface area contributed by atoms with Crippen molar-refractivity contribution in [2.24, 2.45) is 0 Å². The molecule has 4 rings (SSSR count). The first kappa shape index (κ1) is 17.8. The molecule has 0 saturated carbocycles. The molecule has 1 aromatic heterocycles. The van der Waals surface area contributed by atoms with Crippen molar-refractivity contribution in [2.45, 2.75) is 43.9 Å². The van der Waals surface area contributed by atoms with E-state index >= 15 is 0 Å². The number of pyridine rings is 1. The molecule has 1 aromatic carbocycles. The van der Waals surface area contributed by atoms with Crippen LogP contribution in [0.25, 0.3) is 11.1 Å². The van der Waals surface area contributed by atoms with Gasteiger partial charge in [-0.3, -0.25) is 4.98 Å². The normalized spacial score (nSPS) is 21.6. The first-order valence-electron chi connectivity index (χ1n) is 8.74. The fourth-order valence-electron chi connectivity index (χ4n) is 3.99. The van der Waals surface area contributed by atoms with E-state index in [9.17, 15) is 22.4 Å². The van der Waals surface area contributed by atoms with Crippen molar-refractivity contribution in [3.05, 3.63) is 48.0 Å². The Balaban J connectivity index is 1.64. The fourth-order valence-corrected chi connectivity index (χ4v) is 3.99. The molecule has 2 fully saturated rings.